The Labute approximate surface area is 122 Å². The highest BCUT2D eigenvalue weighted by atomic mass is 32.2. The Morgan fingerprint density at radius 2 is 2.00 bits per heavy atom. The Kier molecular flexibility index (Phi) is 3.33. The third kappa shape index (κ3) is 2.81. The van der Waals surface area contributed by atoms with E-state index >= 15 is 0 Å². The maximum atomic E-state index is 12.6. The molecule has 3 unspecified atom stereocenters. The first-order valence-corrected chi connectivity index (χ1v) is 7.75. The minimum absolute atomic E-state index is 0.0829. The van der Waals surface area contributed by atoms with Crippen LogP contribution in [0.25, 0.3) is 0 Å². The molecule has 1 fully saturated rings. The molecule has 0 amide bonds. The monoisotopic (exact) mass is 320 g/mol. The van der Waals surface area contributed by atoms with E-state index in [9.17, 15) is 17.4 Å². The van der Waals surface area contributed by atoms with Gasteiger partial charge in [0.25, 0.3) is 0 Å². The topological polar surface area (TPSA) is 38.8 Å². The predicted octanol–water partition coefficient (Wildman–Crippen LogP) is 3.04. The summed E-state index contributed by atoms with van der Waals surface area (Å²) in [5, 5.41) is 0. The summed E-state index contributed by atoms with van der Waals surface area (Å²) in [6.07, 6.45) is 0.653. The van der Waals surface area contributed by atoms with Gasteiger partial charge < -0.3 is 9.47 Å². The zero-order valence-electron chi connectivity index (χ0n) is 11.6. The summed E-state index contributed by atoms with van der Waals surface area (Å²) >= 11 is 0. The van der Waals surface area contributed by atoms with Crippen LogP contribution in [0, 0.1) is 5.92 Å². The van der Waals surface area contributed by atoms with Crippen molar-refractivity contribution in [3.63, 3.8) is 0 Å². The minimum atomic E-state index is -4.75. The smallest absolute Gasteiger partial charge is 0.475 e. The fraction of sp³-hybridized carbons (Fsp3) is 0.571. The third-order valence-electron chi connectivity index (χ3n) is 3.97. The lowest BCUT2D eigenvalue weighted by atomic mass is 9.80. The van der Waals surface area contributed by atoms with Crippen LogP contribution in [0.3, 0.4) is 0 Å². The molecule has 2 aliphatic heterocycles. The standard InChI is InChI=1S/C14H15F3O3S/c1-13(2)10(12-7-19-12)6-8-5-9(3-4-11(8)20-13)21(18)14(15,16)17/h3-5,10,12H,6-7H2,1-2H3. The number of rotatable bonds is 2. The highest BCUT2D eigenvalue weighted by molar-refractivity contribution is 7.86. The van der Waals surface area contributed by atoms with E-state index < -0.39 is 21.9 Å². The lowest BCUT2D eigenvalue weighted by molar-refractivity contribution is -0.0385. The van der Waals surface area contributed by atoms with Crippen molar-refractivity contribution in [1.82, 2.24) is 0 Å². The summed E-state index contributed by atoms with van der Waals surface area (Å²) in [6.45, 7) is 4.55. The second-order valence-corrected chi connectivity index (χ2v) is 7.34. The van der Waals surface area contributed by atoms with Crippen molar-refractivity contribution in [2.75, 3.05) is 6.61 Å². The summed E-state index contributed by atoms with van der Waals surface area (Å²) in [5.41, 5.74) is -4.52. The fourth-order valence-corrected chi connectivity index (χ4v) is 3.48. The Morgan fingerprint density at radius 1 is 1.33 bits per heavy atom. The molecule has 21 heavy (non-hydrogen) atoms. The number of hydrogen-bond donors (Lipinski definition) is 0. The Hall–Kier alpha value is -1.08. The van der Waals surface area contributed by atoms with Crippen LogP contribution in [0.5, 0.6) is 5.75 Å². The summed E-state index contributed by atoms with van der Waals surface area (Å²) in [4.78, 5) is -0.236. The molecule has 0 aliphatic carbocycles. The molecule has 1 saturated heterocycles. The Bertz CT molecular complexity index is 594. The van der Waals surface area contributed by atoms with E-state index in [-0.39, 0.29) is 16.9 Å². The van der Waals surface area contributed by atoms with Crippen LogP contribution < -0.4 is 4.74 Å². The number of hydrogen-bond acceptors (Lipinski definition) is 3. The van der Waals surface area contributed by atoms with E-state index in [0.29, 0.717) is 24.3 Å². The van der Waals surface area contributed by atoms with E-state index in [1.165, 1.54) is 18.2 Å². The van der Waals surface area contributed by atoms with E-state index in [0.717, 1.165) is 0 Å². The summed E-state index contributed by atoms with van der Waals surface area (Å²) in [7, 11) is -3.01. The molecule has 116 valence electrons. The largest absolute Gasteiger partial charge is 0.487 e. The highest BCUT2D eigenvalue weighted by Crippen LogP contribution is 2.43. The number of alkyl halides is 3. The van der Waals surface area contributed by atoms with Crippen LogP contribution in [0.4, 0.5) is 13.2 Å². The van der Waals surface area contributed by atoms with Gasteiger partial charge in [0.2, 0.25) is 0 Å². The molecule has 1 aromatic rings. The molecule has 0 spiro atoms. The molecule has 0 N–H and O–H groups in total. The molecule has 0 radical (unpaired) electrons. The van der Waals surface area contributed by atoms with Gasteiger partial charge in [-0.1, -0.05) is 0 Å². The molecule has 0 bridgehead atoms. The predicted molar refractivity (Wildman–Crippen MR) is 70.5 cm³/mol. The number of benzene rings is 1. The van der Waals surface area contributed by atoms with Gasteiger partial charge in [0.05, 0.1) is 12.7 Å². The molecule has 2 aliphatic rings. The summed E-state index contributed by atoms with van der Waals surface area (Å²) in [5.74, 6) is 0.638. The van der Waals surface area contributed by atoms with Crippen molar-refractivity contribution >= 4 is 10.8 Å². The molecule has 2 heterocycles. The second-order valence-electron chi connectivity index (χ2n) is 5.87. The van der Waals surface area contributed by atoms with Gasteiger partial charge in [0.15, 0.2) is 10.8 Å². The van der Waals surface area contributed by atoms with Gasteiger partial charge in [0, 0.05) is 10.8 Å². The zero-order valence-corrected chi connectivity index (χ0v) is 12.4. The zero-order chi connectivity index (χ0) is 15.4. The van der Waals surface area contributed by atoms with Gasteiger partial charge in [-0.3, -0.25) is 0 Å². The number of ether oxygens (including phenoxy) is 2. The summed E-state index contributed by atoms with van der Waals surface area (Å²) < 4.78 is 60.3. The molecule has 0 saturated carbocycles. The molecular weight excluding hydrogens is 305 g/mol. The van der Waals surface area contributed by atoms with Gasteiger partial charge in [-0.25, -0.2) is 4.21 Å². The van der Waals surface area contributed by atoms with Gasteiger partial charge in [0.1, 0.15) is 11.4 Å². The van der Waals surface area contributed by atoms with Crippen LogP contribution in [-0.4, -0.2) is 28.0 Å². The Balaban J connectivity index is 1.93. The normalized spacial score (nSPS) is 28.4. The average Bonchev–Trinajstić information content (AvgIpc) is 3.18. The maximum Gasteiger partial charge on any atom is 0.475 e. The SMILES string of the molecule is CC1(C)Oc2ccc(S(=O)C(F)(F)F)cc2CC1C1CO1. The van der Waals surface area contributed by atoms with Gasteiger partial charge in [-0.2, -0.15) is 13.2 Å². The quantitative estimate of drug-likeness (QED) is 0.786. The lowest BCUT2D eigenvalue weighted by Gasteiger charge is -2.39. The maximum absolute atomic E-state index is 12.6. The number of fused-ring (bicyclic) bond motifs is 1. The van der Waals surface area contributed by atoms with Crippen molar-refractivity contribution in [3.05, 3.63) is 23.8 Å². The van der Waals surface area contributed by atoms with E-state index in [2.05, 4.69) is 0 Å². The molecule has 1 aromatic carbocycles. The van der Waals surface area contributed by atoms with Crippen LogP contribution in [0.2, 0.25) is 0 Å². The van der Waals surface area contributed by atoms with E-state index in [4.69, 9.17) is 9.47 Å². The van der Waals surface area contributed by atoms with Crippen LogP contribution in [0.15, 0.2) is 23.1 Å². The molecule has 7 heteroatoms. The minimum Gasteiger partial charge on any atom is -0.487 e. The average molecular weight is 320 g/mol. The number of halogens is 3. The third-order valence-corrected chi connectivity index (χ3v) is 5.07. The van der Waals surface area contributed by atoms with Crippen molar-refractivity contribution in [2.45, 2.75) is 42.4 Å². The van der Waals surface area contributed by atoms with E-state index in [1.54, 1.807) is 0 Å². The van der Waals surface area contributed by atoms with Crippen molar-refractivity contribution in [3.8, 4) is 5.75 Å². The Morgan fingerprint density at radius 3 is 2.57 bits per heavy atom. The first kappa shape index (κ1) is 14.8. The van der Waals surface area contributed by atoms with Crippen molar-refractivity contribution < 1.29 is 26.9 Å². The first-order valence-electron chi connectivity index (χ1n) is 6.60. The van der Waals surface area contributed by atoms with Gasteiger partial charge >= 0.3 is 5.51 Å². The molecule has 3 atom stereocenters. The molecule has 0 aromatic heterocycles. The lowest BCUT2D eigenvalue weighted by Crippen LogP contribution is -2.45. The fourth-order valence-electron chi connectivity index (χ4n) is 2.77. The van der Waals surface area contributed by atoms with Gasteiger partial charge in [-0.05, 0) is 44.0 Å². The van der Waals surface area contributed by atoms with Crippen molar-refractivity contribution in [2.24, 2.45) is 5.92 Å². The highest BCUT2D eigenvalue weighted by Gasteiger charge is 2.47. The van der Waals surface area contributed by atoms with Crippen LogP contribution in [-0.2, 0) is 22.0 Å². The summed E-state index contributed by atoms with van der Waals surface area (Å²) in [6, 6.07) is 4.02. The molecule has 3 nitrogen and oxygen atoms in total. The first-order chi connectivity index (χ1) is 9.68. The number of epoxide rings is 1. The van der Waals surface area contributed by atoms with Crippen LogP contribution in [0.1, 0.15) is 19.4 Å². The van der Waals surface area contributed by atoms with E-state index in [1.807, 2.05) is 13.8 Å². The molecule has 3 rings (SSSR count). The second kappa shape index (κ2) is 4.71. The van der Waals surface area contributed by atoms with Crippen LogP contribution >= 0.6 is 0 Å². The van der Waals surface area contributed by atoms with Crippen molar-refractivity contribution in [1.29, 1.82) is 0 Å². The molecular formula is C14H15F3O3S. The van der Waals surface area contributed by atoms with Gasteiger partial charge in [-0.15, -0.1) is 0 Å².